The number of hydrogen-bond acceptors (Lipinski definition) is 4. The number of non-ortho nitro benzene ring substituents is 1. The molecule has 20 heavy (non-hydrogen) atoms. The summed E-state index contributed by atoms with van der Waals surface area (Å²) in [4.78, 5) is 9.96. The largest absolute Gasteiger partial charge is 0.508 e. The summed E-state index contributed by atoms with van der Waals surface area (Å²) >= 11 is 5.93. The lowest BCUT2D eigenvalue weighted by Gasteiger charge is -2.09. The molecule has 0 aromatic heterocycles. The molecular weight excluding hydrogens is 287 g/mol. The minimum Gasteiger partial charge on any atom is -0.508 e. The number of benzene rings is 2. The van der Waals surface area contributed by atoms with Crippen molar-refractivity contribution < 1.29 is 14.4 Å². The van der Waals surface area contributed by atoms with Gasteiger partial charge in [-0.2, -0.15) is 0 Å². The van der Waals surface area contributed by atoms with Crippen LogP contribution in [0.3, 0.4) is 0 Å². The molecule has 0 aliphatic rings. The Morgan fingerprint density at radius 2 is 2.10 bits per heavy atom. The standard InChI is InChI=1S/C13H10ClFN2O3/c14-12-2-1-3-13(18)11(12)7-16-9-4-8(15)5-10(6-9)17(19)20/h1-6,16,18H,7H2. The molecule has 0 bridgehead atoms. The summed E-state index contributed by atoms with van der Waals surface area (Å²) in [6.07, 6.45) is 0. The van der Waals surface area contributed by atoms with Crippen LogP contribution in [0.2, 0.25) is 5.02 Å². The van der Waals surface area contributed by atoms with Gasteiger partial charge in [0.2, 0.25) is 0 Å². The number of phenolic OH excluding ortho intramolecular Hbond substituents is 1. The number of aromatic hydroxyl groups is 1. The lowest BCUT2D eigenvalue weighted by Crippen LogP contribution is -2.02. The maximum Gasteiger partial charge on any atom is 0.274 e. The van der Waals surface area contributed by atoms with E-state index in [1.165, 1.54) is 12.1 Å². The van der Waals surface area contributed by atoms with Crippen LogP contribution < -0.4 is 5.32 Å². The van der Waals surface area contributed by atoms with Crippen molar-refractivity contribution in [3.63, 3.8) is 0 Å². The molecular formula is C13H10ClFN2O3. The Hall–Kier alpha value is -2.34. The summed E-state index contributed by atoms with van der Waals surface area (Å²) in [5.74, 6) is -0.721. The zero-order valence-electron chi connectivity index (χ0n) is 10.1. The van der Waals surface area contributed by atoms with Crippen LogP contribution in [-0.4, -0.2) is 10.0 Å². The third-order valence-electron chi connectivity index (χ3n) is 2.66. The van der Waals surface area contributed by atoms with Gasteiger partial charge in [-0.05, 0) is 18.2 Å². The predicted molar refractivity (Wildman–Crippen MR) is 73.5 cm³/mol. The van der Waals surface area contributed by atoms with Gasteiger partial charge in [-0.25, -0.2) is 4.39 Å². The number of phenols is 1. The van der Waals surface area contributed by atoms with Crippen molar-refractivity contribution in [2.75, 3.05) is 5.32 Å². The highest BCUT2D eigenvalue weighted by Gasteiger charge is 2.11. The van der Waals surface area contributed by atoms with Gasteiger partial charge in [0.25, 0.3) is 5.69 Å². The number of nitro benzene ring substituents is 1. The lowest BCUT2D eigenvalue weighted by atomic mass is 10.2. The number of nitrogens with one attached hydrogen (secondary N) is 1. The molecule has 0 saturated carbocycles. The van der Waals surface area contributed by atoms with Gasteiger partial charge < -0.3 is 10.4 Å². The molecule has 2 aromatic carbocycles. The number of nitro groups is 1. The first-order valence-corrected chi connectivity index (χ1v) is 6.00. The number of nitrogens with zero attached hydrogens (tertiary/aromatic N) is 1. The molecule has 0 aliphatic heterocycles. The summed E-state index contributed by atoms with van der Waals surface area (Å²) in [6.45, 7) is 0.117. The highest BCUT2D eigenvalue weighted by atomic mass is 35.5. The molecule has 0 spiro atoms. The fourth-order valence-electron chi connectivity index (χ4n) is 1.69. The molecule has 0 aliphatic carbocycles. The summed E-state index contributed by atoms with van der Waals surface area (Å²) in [5, 5.41) is 23.4. The Bertz CT molecular complexity index is 644. The van der Waals surface area contributed by atoms with E-state index in [0.717, 1.165) is 12.1 Å². The number of hydrogen-bond donors (Lipinski definition) is 2. The molecule has 0 fully saturated rings. The Morgan fingerprint density at radius 1 is 1.35 bits per heavy atom. The monoisotopic (exact) mass is 296 g/mol. The highest BCUT2D eigenvalue weighted by Crippen LogP contribution is 2.27. The van der Waals surface area contributed by atoms with Crippen LogP contribution in [0.5, 0.6) is 5.75 Å². The van der Waals surface area contributed by atoms with E-state index in [2.05, 4.69) is 5.32 Å². The van der Waals surface area contributed by atoms with Gasteiger partial charge in [0.1, 0.15) is 11.6 Å². The minimum atomic E-state index is -0.718. The maximum absolute atomic E-state index is 13.3. The summed E-state index contributed by atoms with van der Waals surface area (Å²) in [5.41, 5.74) is 0.313. The van der Waals surface area contributed by atoms with Gasteiger partial charge >= 0.3 is 0 Å². The van der Waals surface area contributed by atoms with E-state index in [0.29, 0.717) is 10.6 Å². The van der Waals surface area contributed by atoms with Crippen molar-refractivity contribution in [2.45, 2.75) is 6.54 Å². The van der Waals surface area contributed by atoms with Crippen LogP contribution >= 0.6 is 11.6 Å². The molecule has 0 unspecified atom stereocenters. The maximum atomic E-state index is 13.3. The fourth-order valence-corrected chi connectivity index (χ4v) is 1.93. The van der Waals surface area contributed by atoms with Crippen molar-refractivity contribution >= 4 is 23.0 Å². The first kappa shape index (κ1) is 14.1. The molecule has 2 aromatic rings. The Morgan fingerprint density at radius 3 is 2.75 bits per heavy atom. The molecule has 104 valence electrons. The Kier molecular flexibility index (Phi) is 4.05. The quantitative estimate of drug-likeness (QED) is 0.666. The van der Waals surface area contributed by atoms with Gasteiger partial charge in [0.05, 0.1) is 11.0 Å². The van der Waals surface area contributed by atoms with Crippen LogP contribution in [0.4, 0.5) is 15.8 Å². The molecule has 5 nitrogen and oxygen atoms in total. The fraction of sp³-hybridized carbons (Fsp3) is 0.0769. The van der Waals surface area contributed by atoms with E-state index in [1.54, 1.807) is 12.1 Å². The number of anilines is 1. The van der Waals surface area contributed by atoms with E-state index in [1.807, 2.05) is 0 Å². The van der Waals surface area contributed by atoms with Crippen LogP contribution in [0, 0.1) is 15.9 Å². The van der Waals surface area contributed by atoms with E-state index in [-0.39, 0.29) is 23.7 Å². The van der Waals surface area contributed by atoms with Crippen LogP contribution in [0.15, 0.2) is 36.4 Å². The van der Waals surface area contributed by atoms with Gasteiger partial charge in [-0.1, -0.05) is 17.7 Å². The molecule has 0 amide bonds. The molecule has 0 saturated heterocycles. The molecule has 0 atom stereocenters. The van der Waals surface area contributed by atoms with Crippen molar-refractivity contribution in [1.82, 2.24) is 0 Å². The first-order chi connectivity index (χ1) is 9.47. The Balaban J connectivity index is 2.21. The van der Waals surface area contributed by atoms with E-state index < -0.39 is 10.7 Å². The van der Waals surface area contributed by atoms with Gasteiger partial charge in [0.15, 0.2) is 0 Å². The van der Waals surface area contributed by atoms with E-state index in [4.69, 9.17) is 11.6 Å². The van der Waals surface area contributed by atoms with Gasteiger partial charge in [-0.3, -0.25) is 10.1 Å². The minimum absolute atomic E-state index is 0.00379. The van der Waals surface area contributed by atoms with Gasteiger partial charge in [0, 0.05) is 28.9 Å². The van der Waals surface area contributed by atoms with Crippen molar-refractivity contribution in [3.05, 3.63) is 62.9 Å². The molecule has 7 heteroatoms. The van der Waals surface area contributed by atoms with Crippen LogP contribution in [-0.2, 0) is 6.54 Å². The third-order valence-corrected chi connectivity index (χ3v) is 3.01. The van der Waals surface area contributed by atoms with Crippen molar-refractivity contribution in [2.24, 2.45) is 0 Å². The summed E-state index contributed by atoms with van der Waals surface area (Å²) < 4.78 is 13.3. The normalized spacial score (nSPS) is 10.3. The lowest BCUT2D eigenvalue weighted by molar-refractivity contribution is -0.385. The predicted octanol–water partition coefficient (Wildman–Crippen LogP) is 3.71. The SMILES string of the molecule is O=[N+]([O-])c1cc(F)cc(NCc2c(O)cccc2Cl)c1. The van der Waals surface area contributed by atoms with Crippen molar-refractivity contribution in [1.29, 1.82) is 0 Å². The topological polar surface area (TPSA) is 75.4 Å². The Labute approximate surface area is 118 Å². The molecule has 0 heterocycles. The summed E-state index contributed by atoms with van der Waals surface area (Å²) in [7, 11) is 0. The average Bonchev–Trinajstić information content (AvgIpc) is 2.37. The molecule has 0 radical (unpaired) electrons. The zero-order chi connectivity index (χ0) is 14.7. The second kappa shape index (κ2) is 5.75. The highest BCUT2D eigenvalue weighted by molar-refractivity contribution is 6.31. The van der Waals surface area contributed by atoms with E-state index >= 15 is 0 Å². The second-order valence-electron chi connectivity index (χ2n) is 4.05. The second-order valence-corrected chi connectivity index (χ2v) is 4.45. The third kappa shape index (κ3) is 3.16. The zero-order valence-corrected chi connectivity index (χ0v) is 10.9. The van der Waals surface area contributed by atoms with Crippen LogP contribution in [0.25, 0.3) is 0 Å². The van der Waals surface area contributed by atoms with Crippen LogP contribution in [0.1, 0.15) is 5.56 Å². The van der Waals surface area contributed by atoms with E-state index in [9.17, 15) is 19.6 Å². The number of halogens is 2. The number of rotatable bonds is 4. The first-order valence-electron chi connectivity index (χ1n) is 5.62. The van der Waals surface area contributed by atoms with Gasteiger partial charge in [-0.15, -0.1) is 0 Å². The molecule has 2 rings (SSSR count). The summed E-state index contributed by atoms with van der Waals surface area (Å²) in [6, 6.07) is 7.83. The smallest absolute Gasteiger partial charge is 0.274 e. The van der Waals surface area contributed by atoms with Crippen molar-refractivity contribution in [3.8, 4) is 5.75 Å². The average molecular weight is 297 g/mol. The molecule has 2 N–H and O–H groups in total.